The predicted octanol–water partition coefficient (Wildman–Crippen LogP) is 3.85. The van der Waals surface area contributed by atoms with Gasteiger partial charge in [0.1, 0.15) is 5.82 Å². The average Bonchev–Trinajstić information content (AvgIpc) is 3.00. The molecule has 1 fully saturated rings. The second-order valence-corrected chi connectivity index (χ2v) is 5.44. The predicted molar refractivity (Wildman–Crippen MR) is 87.8 cm³/mol. The highest BCUT2D eigenvalue weighted by Gasteiger charge is 2.21. The van der Waals surface area contributed by atoms with Crippen LogP contribution < -0.4 is 4.90 Å². The summed E-state index contributed by atoms with van der Waals surface area (Å²) in [6.07, 6.45) is 4.57. The van der Waals surface area contributed by atoms with Crippen LogP contribution in [0, 0.1) is 5.82 Å². The number of ketones is 1. The third-order valence-corrected chi connectivity index (χ3v) is 3.83. The van der Waals surface area contributed by atoms with Crippen molar-refractivity contribution >= 4 is 23.5 Å². The van der Waals surface area contributed by atoms with E-state index in [1.807, 2.05) is 0 Å². The molecule has 2 aromatic carbocycles. The van der Waals surface area contributed by atoms with Gasteiger partial charge in [0.15, 0.2) is 5.78 Å². The number of carbonyl (C=O) groups excluding carboxylic acids is 2. The molecule has 1 aliphatic heterocycles. The largest absolute Gasteiger partial charge is 0.312 e. The fraction of sp³-hybridized carbons (Fsp3) is 0.158. The number of rotatable bonds is 4. The van der Waals surface area contributed by atoms with Gasteiger partial charge in [-0.25, -0.2) is 4.39 Å². The van der Waals surface area contributed by atoms with Gasteiger partial charge in [0.2, 0.25) is 5.91 Å². The zero-order chi connectivity index (χ0) is 16.2. The van der Waals surface area contributed by atoms with Crippen LogP contribution >= 0.6 is 0 Å². The van der Waals surface area contributed by atoms with E-state index in [1.165, 1.54) is 18.2 Å². The summed E-state index contributed by atoms with van der Waals surface area (Å²) in [6, 6.07) is 13.0. The van der Waals surface area contributed by atoms with Crippen LogP contribution in [0.4, 0.5) is 10.1 Å². The van der Waals surface area contributed by atoms with Gasteiger partial charge in [-0.1, -0.05) is 18.2 Å². The molecule has 1 amide bonds. The zero-order valence-corrected chi connectivity index (χ0v) is 12.5. The Hall–Kier alpha value is -2.75. The summed E-state index contributed by atoms with van der Waals surface area (Å²) in [5.41, 5.74) is 2.14. The quantitative estimate of drug-likeness (QED) is 0.635. The second kappa shape index (κ2) is 6.57. The average molecular weight is 309 g/mol. The molecule has 3 rings (SSSR count). The number of nitrogens with zero attached hydrogens (tertiary/aromatic N) is 1. The van der Waals surface area contributed by atoms with Crippen molar-refractivity contribution in [2.45, 2.75) is 12.8 Å². The highest BCUT2D eigenvalue weighted by atomic mass is 19.1. The van der Waals surface area contributed by atoms with Gasteiger partial charge < -0.3 is 4.90 Å². The van der Waals surface area contributed by atoms with Crippen molar-refractivity contribution in [1.82, 2.24) is 0 Å². The molecule has 116 valence electrons. The van der Waals surface area contributed by atoms with Crippen molar-refractivity contribution in [3.05, 3.63) is 71.6 Å². The van der Waals surface area contributed by atoms with E-state index in [-0.39, 0.29) is 17.5 Å². The molecular weight excluding hydrogens is 293 g/mol. The highest BCUT2D eigenvalue weighted by Crippen LogP contribution is 2.21. The number of hydrogen-bond acceptors (Lipinski definition) is 2. The summed E-state index contributed by atoms with van der Waals surface area (Å²) in [7, 11) is 0. The molecule has 0 saturated carbocycles. The van der Waals surface area contributed by atoms with Crippen molar-refractivity contribution in [1.29, 1.82) is 0 Å². The number of carbonyl (C=O) groups is 2. The van der Waals surface area contributed by atoms with Crippen LogP contribution in [0.25, 0.3) is 6.08 Å². The van der Waals surface area contributed by atoms with Gasteiger partial charge in [0, 0.05) is 24.2 Å². The Morgan fingerprint density at radius 2 is 1.74 bits per heavy atom. The molecule has 4 heteroatoms. The fourth-order valence-electron chi connectivity index (χ4n) is 2.57. The Balaban J connectivity index is 1.70. The number of anilines is 1. The van der Waals surface area contributed by atoms with Crippen LogP contribution in [-0.4, -0.2) is 18.2 Å². The van der Waals surface area contributed by atoms with Crippen LogP contribution in [0.15, 0.2) is 54.6 Å². The number of benzene rings is 2. The van der Waals surface area contributed by atoms with Gasteiger partial charge in [-0.15, -0.1) is 0 Å². The molecule has 23 heavy (non-hydrogen) atoms. The lowest BCUT2D eigenvalue weighted by molar-refractivity contribution is -0.117. The molecule has 0 unspecified atom stereocenters. The Kier molecular flexibility index (Phi) is 4.33. The van der Waals surface area contributed by atoms with Gasteiger partial charge in [0.25, 0.3) is 0 Å². The smallest absolute Gasteiger partial charge is 0.227 e. The third kappa shape index (κ3) is 3.54. The van der Waals surface area contributed by atoms with Crippen LogP contribution in [0.3, 0.4) is 0 Å². The molecule has 0 aliphatic carbocycles. The monoisotopic (exact) mass is 309 g/mol. The molecule has 3 nitrogen and oxygen atoms in total. The first kappa shape index (κ1) is 15.2. The lowest BCUT2D eigenvalue weighted by atomic mass is 10.1. The Morgan fingerprint density at radius 1 is 1.04 bits per heavy atom. The first-order chi connectivity index (χ1) is 11.1. The number of hydrogen-bond donors (Lipinski definition) is 0. The molecule has 0 N–H and O–H groups in total. The molecule has 0 bridgehead atoms. The normalized spacial score (nSPS) is 14.7. The Labute approximate surface area is 134 Å². The van der Waals surface area contributed by atoms with Crippen molar-refractivity contribution < 1.29 is 14.0 Å². The molecule has 1 heterocycles. The van der Waals surface area contributed by atoms with Crippen LogP contribution in [0.1, 0.15) is 28.8 Å². The summed E-state index contributed by atoms with van der Waals surface area (Å²) in [4.78, 5) is 25.6. The third-order valence-electron chi connectivity index (χ3n) is 3.83. The van der Waals surface area contributed by atoms with E-state index in [0.29, 0.717) is 12.0 Å². The molecule has 2 aromatic rings. The van der Waals surface area contributed by atoms with Gasteiger partial charge in [0.05, 0.1) is 0 Å². The number of amides is 1. The minimum absolute atomic E-state index is 0.125. The minimum Gasteiger partial charge on any atom is -0.312 e. The van der Waals surface area contributed by atoms with Crippen molar-refractivity contribution in [3.8, 4) is 0 Å². The number of halogens is 1. The summed E-state index contributed by atoms with van der Waals surface area (Å²) < 4.78 is 12.8. The van der Waals surface area contributed by atoms with E-state index in [9.17, 15) is 14.0 Å². The highest BCUT2D eigenvalue weighted by molar-refractivity contribution is 6.07. The van der Waals surface area contributed by atoms with Crippen molar-refractivity contribution in [3.63, 3.8) is 0 Å². The van der Waals surface area contributed by atoms with E-state index in [4.69, 9.17) is 0 Å². The lowest BCUT2D eigenvalue weighted by Gasteiger charge is -2.15. The van der Waals surface area contributed by atoms with E-state index in [0.717, 1.165) is 24.2 Å². The molecule has 1 saturated heterocycles. The second-order valence-electron chi connectivity index (χ2n) is 5.44. The summed E-state index contributed by atoms with van der Waals surface area (Å²) in [6.45, 7) is 0.733. The van der Waals surface area contributed by atoms with Crippen molar-refractivity contribution in [2.75, 3.05) is 11.4 Å². The maximum absolute atomic E-state index is 12.8. The van der Waals surface area contributed by atoms with Crippen molar-refractivity contribution in [2.24, 2.45) is 0 Å². The first-order valence-corrected chi connectivity index (χ1v) is 7.52. The topological polar surface area (TPSA) is 37.4 Å². The fourth-order valence-corrected chi connectivity index (χ4v) is 2.57. The van der Waals surface area contributed by atoms with E-state index in [1.54, 1.807) is 47.4 Å². The van der Waals surface area contributed by atoms with Gasteiger partial charge in [-0.3, -0.25) is 9.59 Å². The standard InChI is InChI=1S/C19H16FNO2/c20-16-8-3-14(4-9-16)5-12-18(22)15-6-10-17(11-7-15)21-13-1-2-19(21)23/h3-12H,1-2,13H2/b12-5+. The summed E-state index contributed by atoms with van der Waals surface area (Å²) >= 11 is 0. The lowest BCUT2D eigenvalue weighted by Crippen LogP contribution is -2.23. The van der Waals surface area contributed by atoms with Gasteiger partial charge in [-0.2, -0.15) is 0 Å². The molecule has 1 aliphatic rings. The molecule has 0 spiro atoms. The summed E-state index contributed by atoms with van der Waals surface area (Å²) in [5, 5.41) is 0. The minimum atomic E-state index is -0.305. The Bertz CT molecular complexity index is 748. The summed E-state index contributed by atoms with van der Waals surface area (Å²) in [5.74, 6) is -0.311. The molecule has 0 radical (unpaired) electrons. The Morgan fingerprint density at radius 3 is 2.35 bits per heavy atom. The molecular formula is C19H16FNO2. The van der Waals surface area contributed by atoms with Crippen LogP contribution in [0.2, 0.25) is 0 Å². The van der Waals surface area contributed by atoms with E-state index >= 15 is 0 Å². The maximum atomic E-state index is 12.8. The molecule has 0 atom stereocenters. The SMILES string of the molecule is O=C(/C=C/c1ccc(F)cc1)c1ccc(N2CCCC2=O)cc1. The first-order valence-electron chi connectivity index (χ1n) is 7.52. The van der Waals surface area contributed by atoms with Gasteiger partial charge >= 0.3 is 0 Å². The van der Waals surface area contributed by atoms with E-state index in [2.05, 4.69) is 0 Å². The zero-order valence-electron chi connectivity index (χ0n) is 12.5. The molecule has 0 aromatic heterocycles. The van der Waals surface area contributed by atoms with Crippen LogP contribution in [-0.2, 0) is 4.79 Å². The number of allylic oxidation sites excluding steroid dienone is 1. The maximum Gasteiger partial charge on any atom is 0.227 e. The van der Waals surface area contributed by atoms with Crippen LogP contribution in [0.5, 0.6) is 0 Å². The van der Waals surface area contributed by atoms with Gasteiger partial charge in [-0.05, 0) is 54.5 Å². The van der Waals surface area contributed by atoms with E-state index < -0.39 is 0 Å².